The second-order valence-electron chi connectivity index (χ2n) is 8.34. The molecule has 8 heteroatoms. The summed E-state index contributed by atoms with van der Waals surface area (Å²) in [5, 5.41) is 9.64. The molecule has 0 bridgehead atoms. The van der Waals surface area contributed by atoms with Crippen LogP contribution >= 0.6 is 0 Å². The van der Waals surface area contributed by atoms with Crippen LogP contribution in [0.5, 0.6) is 0 Å². The van der Waals surface area contributed by atoms with Gasteiger partial charge in [0.1, 0.15) is 29.2 Å². The molecule has 156 valence electrons. The van der Waals surface area contributed by atoms with Gasteiger partial charge in [-0.2, -0.15) is 5.26 Å². The molecule has 2 aliphatic carbocycles. The number of nitrogens with zero attached hydrogens (tertiary/aromatic N) is 6. The molecule has 1 aliphatic heterocycles. The third-order valence-electron chi connectivity index (χ3n) is 6.22. The van der Waals surface area contributed by atoms with Crippen LogP contribution in [0.25, 0.3) is 0 Å². The van der Waals surface area contributed by atoms with E-state index in [-0.39, 0.29) is 11.6 Å². The van der Waals surface area contributed by atoms with E-state index < -0.39 is 6.43 Å². The van der Waals surface area contributed by atoms with Crippen LogP contribution in [0.2, 0.25) is 0 Å². The molecule has 2 fully saturated rings. The predicted molar refractivity (Wildman–Crippen MR) is 109 cm³/mol. The Hall–Kier alpha value is -2.82. The minimum atomic E-state index is -2.59. The molecular weight excluding hydrogens is 386 g/mol. The summed E-state index contributed by atoms with van der Waals surface area (Å²) < 4.78 is 26.7. The molecule has 5 rings (SSSR count). The lowest BCUT2D eigenvalue weighted by Crippen LogP contribution is -2.47. The maximum Gasteiger partial charge on any atom is 0.280 e. The molecule has 0 radical (unpaired) electrons. The Morgan fingerprint density at radius 2 is 1.70 bits per heavy atom. The second kappa shape index (κ2) is 7.78. The Morgan fingerprint density at radius 3 is 2.40 bits per heavy atom. The summed E-state index contributed by atoms with van der Waals surface area (Å²) in [5.41, 5.74) is 2.76. The molecule has 0 spiro atoms. The van der Waals surface area contributed by atoms with Gasteiger partial charge in [0.15, 0.2) is 0 Å². The molecule has 2 aromatic rings. The summed E-state index contributed by atoms with van der Waals surface area (Å²) in [5.74, 6) is 2.11. The van der Waals surface area contributed by atoms with Crippen molar-refractivity contribution in [1.29, 1.82) is 5.26 Å². The molecule has 2 aromatic heterocycles. The van der Waals surface area contributed by atoms with Crippen LogP contribution < -0.4 is 9.80 Å². The smallest absolute Gasteiger partial charge is 0.280 e. The third-order valence-corrected chi connectivity index (χ3v) is 6.22. The average molecular weight is 410 g/mol. The van der Waals surface area contributed by atoms with Crippen LogP contribution in [0.15, 0.2) is 12.1 Å². The molecule has 0 amide bonds. The zero-order valence-electron chi connectivity index (χ0n) is 16.8. The first-order valence-electron chi connectivity index (χ1n) is 10.7. The van der Waals surface area contributed by atoms with E-state index in [1.807, 2.05) is 11.0 Å². The van der Waals surface area contributed by atoms with Gasteiger partial charge >= 0.3 is 0 Å². The fourth-order valence-corrected chi connectivity index (χ4v) is 4.36. The van der Waals surface area contributed by atoms with E-state index in [1.54, 1.807) is 0 Å². The first kappa shape index (κ1) is 19.2. The van der Waals surface area contributed by atoms with E-state index in [1.165, 1.54) is 11.6 Å². The van der Waals surface area contributed by atoms with Crippen molar-refractivity contribution >= 4 is 11.6 Å². The van der Waals surface area contributed by atoms with Gasteiger partial charge in [-0.3, -0.25) is 0 Å². The van der Waals surface area contributed by atoms with Crippen LogP contribution in [0, 0.1) is 11.3 Å². The molecule has 3 heterocycles. The van der Waals surface area contributed by atoms with Crippen LogP contribution in [0.1, 0.15) is 66.4 Å². The lowest BCUT2D eigenvalue weighted by molar-refractivity contribution is 0.145. The van der Waals surface area contributed by atoms with E-state index in [0.717, 1.165) is 50.0 Å². The van der Waals surface area contributed by atoms with Gasteiger partial charge in [0.25, 0.3) is 6.43 Å². The van der Waals surface area contributed by atoms with E-state index in [4.69, 9.17) is 4.98 Å². The van der Waals surface area contributed by atoms with E-state index in [2.05, 4.69) is 20.9 Å². The highest BCUT2D eigenvalue weighted by molar-refractivity contribution is 5.57. The van der Waals surface area contributed by atoms with Gasteiger partial charge in [0, 0.05) is 43.9 Å². The van der Waals surface area contributed by atoms with E-state index in [0.29, 0.717) is 43.4 Å². The van der Waals surface area contributed by atoms with Gasteiger partial charge in [-0.05, 0) is 50.2 Å². The zero-order chi connectivity index (χ0) is 20.7. The minimum absolute atomic E-state index is 0.188. The number of halogens is 2. The molecule has 0 atom stereocenters. The zero-order valence-corrected chi connectivity index (χ0v) is 16.8. The summed E-state index contributed by atoms with van der Waals surface area (Å²) in [6.07, 6.45) is 3.61. The number of hydrogen-bond acceptors (Lipinski definition) is 6. The third kappa shape index (κ3) is 3.69. The number of aryl methyl sites for hydroxylation is 2. The maximum absolute atomic E-state index is 13.3. The van der Waals surface area contributed by atoms with Crippen LogP contribution in [-0.4, -0.2) is 41.1 Å². The summed E-state index contributed by atoms with van der Waals surface area (Å²) in [6, 6.07) is 5.74. The van der Waals surface area contributed by atoms with Crippen molar-refractivity contribution in [2.45, 2.75) is 50.9 Å². The Bertz CT molecular complexity index is 970. The lowest BCUT2D eigenvalue weighted by Gasteiger charge is -2.37. The number of anilines is 2. The number of rotatable bonds is 4. The van der Waals surface area contributed by atoms with E-state index in [9.17, 15) is 14.0 Å². The predicted octanol–water partition coefficient (Wildman–Crippen LogP) is 3.76. The van der Waals surface area contributed by atoms with Gasteiger partial charge in [0.05, 0.1) is 5.56 Å². The van der Waals surface area contributed by atoms with Crippen LogP contribution in [0.3, 0.4) is 0 Å². The number of aromatic nitrogens is 3. The highest BCUT2D eigenvalue weighted by atomic mass is 19.3. The van der Waals surface area contributed by atoms with Gasteiger partial charge < -0.3 is 9.80 Å². The Labute approximate surface area is 174 Å². The fraction of sp³-hybridized carbons (Fsp3) is 0.545. The highest BCUT2D eigenvalue weighted by Crippen LogP contribution is 2.39. The van der Waals surface area contributed by atoms with Crippen LogP contribution in [0.4, 0.5) is 20.4 Å². The molecular formula is C22H24F2N6. The number of pyridine rings is 1. The number of piperazine rings is 1. The SMILES string of the molecule is N#Cc1cc2c(nc1N1CCN(c3cc(C(F)F)nc(C4CC4)n3)CC1)CCCC2. The monoisotopic (exact) mass is 410 g/mol. The van der Waals surface area contributed by atoms with Gasteiger partial charge in [0.2, 0.25) is 0 Å². The second-order valence-corrected chi connectivity index (χ2v) is 8.34. The number of hydrogen-bond donors (Lipinski definition) is 0. The molecule has 30 heavy (non-hydrogen) atoms. The molecule has 3 aliphatic rings. The highest BCUT2D eigenvalue weighted by Gasteiger charge is 2.30. The molecule has 6 nitrogen and oxygen atoms in total. The fourth-order valence-electron chi connectivity index (χ4n) is 4.36. The number of alkyl halides is 2. The molecule has 0 unspecified atom stereocenters. The average Bonchev–Trinajstić information content (AvgIpc) is 3.63. The van der Waals surface area contributed by atoms with Gasteiger partial charge in [-0.1, -0.05) is 0 Å². The summed E-state index contributed by atoms with van der Waals surface area (Å²) in [4.78, 5) is 17.7. The Balaban J connectivity index is 1.35. The van der Waals surface area contributed by atoms with Crippen molar-refractivity contribution in [3.63, 3.8) is 0 Å². The van der Waals surface area contributed by atoms with E-state index >= 15 is 0 Å². The quantitative estimate of drug-likeness (QED) is 0.764. The first-order chi connectivity index (χ1) is 14.6. The molecule has 0 N–H and O–H groups in total. The molecule has 1 saturated carbocycles. The van der Waals surface area contributed by atoms with Crippen molar-refractivity contribution < 1.29 is 8.78 Å². The summed E-state index contributed by atoms with van der Waals surface area (Å²) in [6.45, 7) is 2.64. The van der Waals surface area contributed by atoms with Crippen molar-refractivity contribution in [1.82, 2.24) is 15.0 Å². The normalized spacial score (nSPS) is 19.0. The number of fused-ring (bicyclic) bond motifs is 1. The largest absolute Gasteiger partial charge is 0.353 e. The Morgan fingerprint density at radius 1 is 0.967 bits per heavy atom. The lowest BCUT2D eigenvalue weighted by atomic mass is 9.95. The Kier molecular flexibility index (Phi) is 4.97. The van der Waals surface area contributed by atoms with Crippen molar-refractivity contribution in [2.75, 3.05) is 36.0 Å². The number of nitriles is 1. The minimum Gasteiger partial charge on any atom is -0.353 e. The van der Waals surface area contributed by atoms with Crippen LogP contribution in [-0.2, 0) is 12.8 Å². The summed E-state index contributed by atoms with van der Waals surface area (Å²) in [7, 11) is 0. The molecule has 1 saturated heterocycles. The maximum atomic E-state index is 13.3. The topological polar surface area (TPSA) is 68.9 Å². The summed E-state index contributed by atoms with van der Waals surface area (Å²) >= 11 is 0. The molecule has 0 aromatic carbocycles. The van der Waals surface area contributed by atoms with Gasteiger partial charge in [-0.25, -0.2) is 23.7 Å². The van der Waals surface area contributed by atoms with Crippen molar-refractivity contribution in [3.8, 4) is 6.07 Å². The van der Waals surface area contributed by atoms with Crippen molar-refractivity contribution in [3.05, 3.63) is 40.5 Å². The first-order valence-corrected chi connectivity index (χ1v) is 10.7. The van der Waals surface area contributed by atoms with Crippen molar-refractivity contribution in [2.24, 2.45) is 0 Å². The van der Waals surface area contributed by atoms with Gasteiger partial charge in [-0.15, -0.1) is 0 Å². The standard InChI is InChI=1S/C22H24F2N6/c23-20(24)18-12-19(28-21(26-18)14-5-6-14)29-7-9-30(10-8-29)22-16(13-25)11-15-3-1-2-4-17(15)27-22/h11-12,14,20H,1-10H2.